The van der Waals surface area contributed by atoms with Gasteiger partial charge in [-0.05, 0) is 42.9 Å². The summed E-state index contributed by atoms with van der Waals surface area (Å²) in [4.78, 5) is 0. The van der Waals surface area contributed by atoms with Crippen LogP contribution in [0.5, 0.6) is 0 Å². The van der Waals surface area contributed by atoms with Gasteiger partial charge in [-0.25, -0.2) is 0 Å². The number of rotatable bonds is 8. The Morgan fingerprint density at radius 2 is 1.58 bits per heavy atom. The highest BCUT2D eigenvalue weighted by molar-refractivity contribution is 5.27. The molecule has 108 valence electrons. The molecule has 0 bridgehead atoms. The quantitative estimate of drug-likeness (QED) is 0.742. The normalized spacial score (nSPS) is 16.1. The zero-order valence-corrected chi connectivity index (χ0v) is 12.8. The van der Waals surface area contributed by atoms with Gasteiger partial charge in [0.05, 0.1) is 6.10 Å². The van der Waals surface area contributed by atoms with E-state index in [9.17, 15) is 5.11 Å². The lowest BCUT2D eigenvalue weighted by molar-refractivity contribution is 0.126. The third-order valence-electron chi connectivity index (χ3n) is 3.94. The molecule has 2 heteroatoms. The molecule has 3 unspecified atom stereocenters. The van der Waals surface area contributed by atoms with E-state index in [-0.39, 0.29) is 6.04 Å². The molecule has 1 aromatic carbocycles. The lowest BCUT2D eigenvalue weighted by atomic mass is 9.94. The van der Waals surface area contributed by atoms with E-state index in [1.807, 2.05) is 0 Å². The summed E-state index contributed by atoms with van der Waals surface area (Å²) in [5.41, 5.74) is 2.37. The van der Waals surface area contributed by atoms with Crippen molar-refractivity contribution in [1.29, 1.82) is 0 Å². The molecule has 0 heterocycles. The molecule has 0 saturated heterocycles. The monoisotopic (exact) mass is 263 g/mol. The Balaban J connectivity index is 2.72. The zero-order chi connectivity index (χ0) is 14.3. The molecule has 0 amide bonds. The van der Waals surface area contributed by atoms with Crippen molar-refractivity contribution in [3.8, 4) is 0 Å². The molecule has 19 heavy (non-hydrogen) atoms. The van der Waals surface area contributed by atoms with E-state index < -0.39 is 6.10 Å². The standard InChI is InChI=1S/C17H29NO/c1-5-12-18-16(7-3)17(19)15-10-8-14(9-11-15)13(4)6-2/h8-11,13,16-19H,5-7,12H2,1-4H3. The number of hydrogen-bond donors (Lipinski definition) is 2. The highest BCUT2D eigenvalue weighted by Gasteiger charge is 2.18. The molecule has 0 spiro atoms. The largest absolute Gasteiger partial charge is 0.387 e. The maximum atomic E-state index is 10.4. The van der Waals surface area contributed by atoms with Crippen molar-refractivity contribution in [3.05, 3.63) is 35.4 Å². The SMILES string of the molecule is CCCNC(CC)C(O)c1ccc(C(C)CC)cc1. The van der Waals surface area contributed by atoms with Crippen LogP contribution in [0, 0.1) is 0 Å². The fourth-order valence-electron chi connectivity index (χ4n) is 2.30. The molecule has 0 saturated carbocycles. The van der Waals surface area contributed by atoms with Gasteiger partial charge < -0.3 is 10.4 Å². The van der Waals surface area contributed by atoms with Crippen LogP contribution in [-0.2, 0) is 0 Å². The van der Waals surface area contributed by atoms with Crippen molar-refractivity contribution in [3.63, 3.8) is 0 Å². The second-order valence-electron chi connectivity index (χ2n) is 5.39. The van der Waals surface area contributed by atoms with E-state index in [0.29, 0.717) is 5.92 Å². The van der Waals surface area contributed by atoms with Gasteiger partial charge in [0, 0.05) is 6.04 Å². The van der Waals surface area contributed by atoms with Gasteiger partial charge in [0.15, 0.2) is 0 Å². The summed E-state index contributed by atoms with van der Waals surface area (Å²) in [6.45, 7) is 9.66. The molecule has 0 fully saturated rings. The van der Waals surface area contributed by atoms with E-state index in [2.05, 4.69) is 57.3 Å². The topological polar surface area (TPSA) is 32.3 Å². The predicted octanol–water partition coefficient (Wildman–Crippen LogP) is 4.01. The molecule has 0 aromatic heterocycles. The minimum absolute atomic E-state index is 0.148. The Morgan fingerprint density at radius 3 is 2.05 bits per heavy atom. The number of aliphatic hydroxyl groups excluding tert-OH is 1. The summed E-state index contributed by atoms with van der Waals surface area (Å²) < 4.78 is 0. The minimum Gasteiger partial charge on any atom is -0.387 e. The highest BCUT2D eigenvalue weighted by Crippen LogP contribution is 2.23. The molecule has 2 N–H and O–H groups in total. The van der Waals surface area contributed by atoms with E-state index >= 15 is 0 Å². The Bertz CT molecular complexity index is 347. The summed E-state index contributed by atoms with van der Waals surface area (Å²) in [7, 11) is 0. The second-order valence-corrected chi connectivity index (χ2v) is 5.39. The number of benzene rings is 1. The maximum absolute atomic E-state index is 10.4. The first kappa shape index (κ1) is 16.2. The molecule has 0 aliphatic heterocycles. The van der Waals surface area contributed by atoms with Gasteiger partial charge in [-0.2, -0.15) is 0 Å². The number of nitrogens with one attached hydrogen (secondary N) is 1. The first-order valence-electron chi connectivity index (χ1n) is 7.65. The fraction of sp³-hybridized carbons (Fsp3) is 0.647. The average molecular weight is 263 g/mol. The van der Waals surface area contributed by atoms with Crippen molar-refractivity contribution in [1.82, 2.24) is 5.32 Å². The molecule has 0 aliphatic rings. The van der Waals surface area contributed by atoms with Crippen LogP contribution in [0.3, 0.4) is 0 Å². The molecule has 1 aromatic rings. The van der Waals surface area contributed by atoms with Gasteiger partial charge >= 0.3 is 0 Å². The van der Waals surface area contributed by atoms with Crippen LogP contribution in [-0.4, -0.2) is 17.7 Å². The van der Waals surface area contributed by atoms with Gasteiger partial charge in [-0.3, -0.25) is 0 Å². The minimum atomic E-state index is -0.414. The summed E-state index contributed by atoms with van der Waals surface area (Å²) in [5, 5.41) is 13.8. The molecular weight excluding hydrogens is 234 g/mol. The summed E-state index contributed by atoms with van der Waals surface area (Å²) in [6, 6.07) is 8.60. The third kappa shape index (κ3) is 4.63. The Hall–Kier alpha value is -0.860. The van der Waals surface area contributed by atoms with E-state index in [1.165, 1.54) is 5.56 Å². The Kier molecular flexibility index (Phi) is 7.11. The lowest BCUT2D eigenvalue weighted by Gasteiger charge is -2.23. The van der Waals surface area contributed by atoms with Gasteiger partial charge in [0.1, 0.15) is 0 Å². The third-order valence-corrected chi connectivity index (χ3v) is 3.94. The molecule has 2 nitrogen and oxygen atoms in total. The molecule has 3 atom stereocenters. The van der Waals surface area contributed by atoms with Gasteiger partial charge in [0.25, 0.3) is 0 Å². The van der Waals surface area contributed by atoms with Crippen molar-refractivity contribution < 1.29 is 5.11 Å². The smallest absolute Gasteiger partial charge is 0.0942 e. The first-order valence-corrected chi connectivity index (χ1v) is 7.65. The Morgan fingerprint density at radius 1 is 1.00 bits per heavy atom. The predicted molar refractivity (Wildman–Crippen MR) is 82.5 cm³/mol. The van der Waals surface area contributed by atoms with Gasteiger partial charge in [0.2, 0.25) is 0 Å². The molecule has 1 rings (SSSR count). The lowest BCUT2D eigenvalue weighted by Crippen LogP contribution is -2.34. The van der Waals surface area contributed by atoms with Gasteiger partial charge in [-0.15, -0.1) is 0 Å². The van der Waals surface area contributed by atoms with Crippen LogP contribution in [0.15, 0.2) is 24.3 Å². The molecule has 0 aliphatic carbocycles. The average Bonchev–Trinajstić information content (AvgIpc) is 2.47. The van der Waals surface area contributed by atoms with Crippen LogP contribution in [0.25, 0.3) is 0 Å². The van der Waals surface area contributed by atoms with Crippen molar-refractivity contribution in [2.24, 2.45) is 0 Å². The van der Waals surface area contributed by atoms with Crippen molar-refractivity contribution in [2.75, 3.05) is 6.54 Å². The Labute approximate surface area is 118 Å². The van der Waals surface area contributed by atoms with Crippen LogP contribution in [0.1, 0.15) is 70.1 Å². The summed E-state index contributed by atoms with van der Waals surface area (Å²) in [6.07, 6.45) is 2.77. The molecular formula is C17H29NO. The van der Waals surface area contributed by atoms with Crippen LogP contribution < -0.4 is 5.32 Å². The van der Waals surface area contributed by atoms with Crippen LogP contribution >= 0.6 is 0 Å². The van der Waals surface area contributed by atoms with Crippen molar-refractivity contribution >= 4 is 0 Å². The highest BCUT2D eigenvalue weighted by atomic mass is 16.3. The van der Waals surface area contributed by atoms with Crippen molar-refractivity contribution in [2.45, 2.75) is 65.0 Å². The zero-order valence-electron chi connectivity index (χ0n) is 12.8. The molecule has 0 radical (unpaired) electrons. The van der Waals surface area contributed by atoms with E-state index in [4.69, 9.17) is 0 Å². The summed E-state index contributed by atoms with van der Waals surface area (Å²) in [5.74, 6) is 0.589. The number of hydrogen-bond acceptors (Lipinski definition) is 2. The van der Waals surface area contributed by atoms with Crippen LogP contribution in [0.4, 0.5) is 0 Å². The van der Waals surface area contributed by atoms with Crippen LogP contribution in [0.2, 0.25) is 0 Å². The van der Waals surface area contributed by atoms with E-state index in [1.54, 1.807) is 0 Å². The first-order chi connectivity index (χ1) is 9.13. The second kappa shape index (κ2) is 8.34. The maximum Gasteiger partial charge on any atom is 0.0942 e. The van der Waals surface area contributed by atoms with Gasteiger partial charge in [-0.1, -0.05) is 52.0 Å². The van der Waals surface area contributed by atoms with E-state index in [0.717, 1.165) is 31.4 Å². The summed E-state index contributed by atoms with van der Waals surface area (Å²) >= 11 is 0. The fourth-order valence-corrected chi connectivity index (χ4v) is 2.30. The number of aliphatic hydroxyl groups is 1.